The van der Waals surface area contributed by atoms with E-state index in [0.29, 0.717) is 10.0 Å². The van der Waals surface area contributed by atoms with E-state index in [4.69, 9.17) is 56.6 Å². The Hall–Kier alpha value is -1.46. The summed E-state index contributed by atoms with van der Waals surface area (Å²) in [5, 5.41) is 18.2. The van der Waals surface area contributed by atoms with Crippen LogP contribution in [0.5, 0.6) is 0 Å². The minimum Gasteiger partial charge on any atom is -0.478 e. The van der Waals surface area contributed by atoms with Gasteiger partial charge >= 0.3 is 11.9 Å². The number of hydrogen-bond donors (Lipinski definition) is 2. The number of hydrogen-bond acceptors (Lipinski definition) is 2. The fourth-order valence-electron chi connectivity index (χ4n) is 1.29. The van der Waals surface area contributed by atoms with Crippen LogP contribution in [0.3, 0.4) is 0 Å². The summed E-state index contributed by atoms with van der Waals surface area (Å²) in [4.78, 5) is 20.8. The quantitative estimate of drug-likeness (QED) is 0.731. The van der Waals surface area contributed by atoms with Crippen LogP contribution in [0.4, 0.5) is 0 Å². The molecule has 22 heavy (non-hydrogen) atoms. The first-order valence-electron chi connectivity index (χ1n) is 5.59. The van der Waals surface area contributed by atoms with Gasteiger partial charge in [0.2, 0.25) is 0 Å². The molecule has 0 radical (unpaired) electrons. The molecule has 0 amide bonds. The van der Waals surface area contributed by atoms with Crippen molar-refractivity contribution < 1.29 is 19.8 Å². The third-order valence-corrected chi connectivity index (χ3v) is 3.61. The van der Waals surface area contributed by atoms with Gasteiger partial charge in [0.05, 0.1) is 26.2 Å². The lowest BCUT2D eigenvalue weighted by Gasteiger charge is -1.96. The molecule has 0 aliphatic heterocycles. The van der Waals surface area contributed by atoms with Gasteiger partial charge in [0.1, 0.15) is 0 Å². The molecule has 0 aromatic heterocycles. The summed E-state index contributed by atoms with van der Waals surface area (Å²) in [5.41, 5.74) is 0.204. The molecule has 0 atom stereocenters. The molecule has 0 aliphatic rings. The summed E-state index contributed by atoms with van der Waals surface area (Å²) in [7, 11) is 0. The third kappa shape index (κ3) is 5.39. The normalized spacial score (nSPS) is 9.64. The Morgan fingerprint density at radius 3 is 1.82 bits per heavy atom. The monoisotopic (exact) mass is 380 g/mol. The van der Waals surface area contributed by atoms with Gasteiger partial charge in [-0.15, -0.1) is 0 Å². The SMILES string of the molecule is O=C(O)c1ccc(Cl)c(Cl)c1.O=C(O)c1ccc(Cl)cc1Cl. The highest BCUT2D eigenvalue weighted by Gasteiger charge is 2.07. The van der Waals surface area contributed by atoms with Crippen LogP contribution in [0.15, 0.2) is 36.4 Å². The first-order valence-corrected chi connectivity index (χ1v) is 7.10. The minimum absolute atomic E-state index is 0.0658. The van der Waals surface area contributed by atoms with E-state index in [2.05, 4.69) is 0 Å². The smallest absolute Gasteiger partial charge is 0.337 e. The first kappa shape index (κ1) is 18.6. The van der Waals surface area contributed by atoms with E-state index >= 15 is 0 Å². The summed E-state index contributed by atoms with van der Waals surface area (Å²) >= 11 is 22.2. The van der Waals surface area contributed by atoms with Gasteiger partial charge < -0.3 is 10.2 Å². The lowest BCUT2D eigenvalue weighted by molar-refractivity contribution is 0.0686. The molecular formula is C14H8Cl4O4. The minimum atomic E-state index is -1.05. The number of rotatable bonds is 2. The highest BCUT2D eigenvalue weighted by molar-refractivity contribution is 6.42. The Balaban J connectivity index is 0.000000220. The van der Waals surface area contributed by atoms with Crippen LogP contribution in [0.25, 0.3) is 0 Å². The predicted molar refractivity (Wildman–Crippen MR) is 86.8 cm³/mol. The van der Waals surface area contributed by atoms with E-state index < -0.39 is 11.9 Å². The van der Waals surface area contributed by atoms with E-state index in [1.165, 1.54) is 36.4 Å². The fraction of sp³-hybridized carbons (Fsp3) is 0. The second-order valence-electron chi connectivity index (χ2n) is 3.86. The van der Waals surface area contributed by atoms with Gasteiger partial charge in [0.15, 0.2) is 0 Å². The number of carbonyl (C=O) groups is 2. The largest absolute Gasteiger partial charge is 0.478 e. The van der Waals surface area contributed by atoms with Gasteiger partial charge in [0, 0.05) is 5.02 Å². The van der Waals surface area contributed by atoms with Crippen LogP contribution in [-0.4, -0.2) is 22.2 Å². The number of carboxylic acid groups (broad SMARTS) is 2. The molecule has 0 heterocycles. The third-order valence-electron chi connectivity index (χ3n) is 2.33. The molecule has 4 nitrogen and oxygen atoms in total. The predicted octanol–water partition coefficient (Wildman–Crippen LogP) is 5.38. The first-order chi connectivity index (χ1) is 10.2. The lowest BCUT2D eigenvalue weighted by atomic mass is 10.2. The standard InChI is InChI=1S/2C7H4Cl2O2/c8-4-1-2-5(7(10)11)6(9)3-4;8-5-2-1-4(7(10)11)3-6(5)9/h2*1-3H,(H,10,11). The summed E-state index contributed by atoms with van der Waals surface area (Å²) in [5.74, 6) is -2.06. The summed E-state index contributed by atoms with van der Waals surface area (Å²) in [6.07, 6.45) is 0. The lowest BCUT2D eigenvalue weighted by Crippen LogP contribution is -1.96. The van der Waals surface area contributed by atoms with Gasteiger partial charge in [-0.2, -0.15) is 0 Å². The molecule has 0 fully saturated rings. The Kier molecular flexibility index (Phi) is 6.97. The van der Waals surface area contributed by atoms with Crippen molar-refractivity contribution in [2.75, 3.05) is 0 Å². The maximum absolute atomic E-state index is 10.4. The molecule has 0 aliphatic carbocycles. The van der Waals surface area contributed by atoms with Crippen LogP contribution in [-0.2, 0) is 0 Å². The van der Waals surface area contributed by atoms with Gasteiger partial charge in [-0.1, -0.05) is 46.4 Å². The summed E-state index contributed by atoms with van der Waals surface area (Å²) in [6.45, 7) is 0. The highest BCUT2D eigenvalue weighted by atomic mass is 35.5. The van der Waals surface area contributed by atoms with Crippen molar-refractivity contribution >= 4 is 58.3 Å². The van der Waals surface area contributed by atoms with Crippen LogP contribution in [0.2, 0.25) is 20.1 Å². The fourth-order valence-corrected chi connectivity index (χ4v) is 2.08. The molecule has 116 valence electrons. The van der Waals surface area contributed by atoms with Crippen LogP contribution in [0.1, 0.15) is 20.7 Å². The maximum atomic E-state index is 10.4. The molecule has 0 spiro atoms. The zero-order valence-corrected chi connectivity index (χ0v) is 13.7. The van der Waals surface area contributed by atoms with Crippen molar-refractivity contribution in [3.63, 3.8) is 0 Å². The number of aromatic carboxylic acids is 2. The molecular weight excluding hydrogens is 374 g/mol. The van der Waals surface area contributed by atoms with Gasteiger partial charge in [0.25, 0.3) is 0 Å². The second-order valence-corrected chi connectivity index (χ2v) is 5.52. The summed E-state index contributed by atoms with van der Waals surface area (Å²) < 4.78 is 0. The Labute approximate surface area is 145 Å². The van der Waals surface area contributed by atoms with Crippen molar-refractivity contribution in [1.82, 2.24) is 0 Å². The highest BCUT2D eigenvalue weighted by Crippen LogP contribution is 2.22. The Morgan fingerprint density at radius 1 is 0.727 bits per heavy atom. The maximum Gasteiger partial charge on any atom is 0.337 e. The molecule has 2 rings (SSSR count). The average molecular weight is 382 g/mol. The van der Waals surface area contributed by atoms with Crippen molar-refractivity contribution in [2.45, 2.75) is 0 Å². The van der Waals surface area contributed by atoms with E-state index in [0.717, 1.165) is 0 Å². The number of carboxylic acids is 2. The Bertz CT molecular complexity index is 716. The topological polar surface area (TPSA) is 74.6 Å². The van der Waals surface area contributed by atoms with Crippen molar-refractivity contribution in [2.24, 2.45) is 0 Å². The molecule has 2 aromatic rings. The molecule has 0 saturated heterocycles. The van der Waals surface area contributed by atoms with Crippen molar-refractivity contribution in [3.8, 4) is 0 Å². The van der Waals surface area contributed by atoms with Crippen LogP contribution >= 0.6 is 46.4 Å². The zero-order valence-electron chi connectivity index (χ0n) is 10.7. The van der Waals surface area contributed by atoms with Crippen molar-refractivity contribution in [1.29, 1.82) is 0 Å². The van der Waals surface area contributed by atoms with E-state index in [9.17, 15) is 9.59 Å². The van der Waals surface area contributed by atoms with E-state index in [1.807, 2.05) is 0 Å². The molecule has 8 heteroatoms. The van der Waals surface area contributed by atoms with E-state index in [1.54, 1.807) is 0 Å². The van der Waals surface area contributed by atoms with E-state index in [-0.39, 0.29) is 21.2 Å². The molecule has 2 N–H and O–H groups in total. The Morgan fingerprint density at radius 2 is 1.36 bits per heavy atom. The number of benzene rings is 2. The zero-order chi connectivity index (χ0) is 16.9. The van der Waals surface area contributed by atoms with Gasteiger partial charge in [-0.05, 0) is 36.4 Å². The number of halogens is 4. The van der Waals surface area contributed by atoms with Gasteiger partial charge in [-0.25, -0.2) is 9.59 Å². The van der Waals surface area contributed by atoms with Crippen LogP contribution < -0.4 is 0 Å². The molecule has 0 saturated carbocycles. The summed E-state index contributed by atoms with van der Waals surface area (Å²) in [6, 6.07) is 8.41. The van der Waals surface area contributed by atoms with Crippen LogP contribution in [0, 0.1) is 0 Å². The molecule has 0 bridgehead atoms. The molecule has 2 aromatic carbocycles. The molecule has 0 unspecified atom stereocenters. The van der Waals surface area contributed by atoms with Gasteiger partial charge in [-0.3, -0.25) is 0 Å². The van der Waals surface area contributed by atoms with Crippen molar-refractivity contribution in [3.05, 3.63) is 67.6 Å². The average Bonchev–Trinajstić information content (AvgIpc) is 2.41. The second kappa shape index (κ2) is 8.25.